The molecule has 28 heavy (non-hydrogen) atoms. The lowest BCUT2D eigenvalue weighted by atomic mass is 9.92. The van der Waals surface area contributed by atoms with Crippen LogP contribution in [-0.4, -0.2) is 28.4 Å². The fourth-order valence-electron chi connectivity index (χ4n) is 2.78. The van der Waals surface area contributed by atoms with Gasteiger partial charge in [0.1, 0.15) is 17.1 Å². The Hall–Kier alpha value is -2.32. The van der Waals surface area contributed by atoms with Crippen molar-refractivity contribution in [2.45, 2.75) is 19.0 Å². The molecule has 0 bridgehead atoms. The van der Waals surface area contributed by atoms with Gasteiger partial charge in [0.25, 0.3) is 0 Å². The number of nitrogens with zero attached hydrogens (tertiary/aromatic N) is 2. The Morgan fingerprint density at radius 2 is 2.04 bits per heavy atom. The van der Waals surface area contributed by atoms with Gasteiger partial charge in [-0.3, -0.25) is 4.90 Å². The van der Waals surface area contributed by atoms with Gasteiger partial charge in [0, 0.05) is 10.0 Å². The van der Waals surface area contributed by atoms with Crippen LogP contribution >= 0.6 is 27.7 Å². The van der Waals surface area contributed by atoms with E-state index in [0.717, 1.165) is 14.9 Å². The number of amidine groups is 1. The number of carboxylic acid groups (broad SMARTS) is 1. The molecule has 146 valence electrons. The van der Waals surface area contributed by atoms with Gasteiger partial charge in [-0.15, -0.1) is 0 Å². The number of halogens is 2. The molecule has 0 saturated heterocycles. The van der Waals surface area contributed by atoms with Gasteiger partial charge in [-0.1, -0.05) is 39.8 Å². The van der Waals surface area contributed by atoms with Crippen LogP contribution in [0.5, 0.6) is 5.75 Å². The third-order valence-electron chi connectivity index (χ3n) is 4.33. The fourth-order valence-corrected chi connectivity index (χ4v) is 4.11. The minimum atomic E-state index is -1.13. The molecular formula is C20H18BrFN2O3S. The molecule has 2 aromatic carbocycles. The molecule has 0 radical (unpaired) electrons. The van der Waals surface area contributed by atoms with E-state index >= 15 is 0 Å². The summed E-state index contributed by atoms with van der Waals surface area (Å²) in [6.07, 6.45) is 0.633. The highest BCUT2D eigenvalue weighted by atomic mass is 79.9. The highest BCUT2D eigenvalue weighted by Gasteiger charge is 2.32. The molecule has 0 spiro atoms. The normalized spacial score (nSPS) is 18.5. The third-order valence-corrected chi connectivity index (χ3v) is 5.62. The summed E-state index contributed by atoms with van der Waals surface area (Å²) in [6, 6.07) is 11.8. The Morgan fingerprint density at radius 1 is 1.32 bits per heavy atom. The van der Waals surface area contributed by atoms with Gasteiger partial charge in [0.05, 0.1) is 13.7 Å². The monoisotopic (exact) mass is 464 g/mol. The largest absolute Gasteiger partial charge is 0.497 e. The number of aliphatic imine (C=N–C) groups is 1. The predicted molar refractivity (Wildman–Crippen MR) is 112 cm³/mol. The van der Waals surface area contributed by atoms with E-state index in [2.05, 4.69) is 20.9 Å². The van der Waals surface area contributed by atoms with Gasteiger partial charge in [0.2, 0.25) is 0 Å². The number of thioether (sulfide) groups is 1. The molecular weight excluding hydrogens is 447 g/mol. The molecule has 0 saturated carbocycles. The number of methoxy groups -OCH3 is 1. The molecule has 0 fully saturated rings. The summed E-state index contributed by atoms with van der Waals surface area (Å²) in [5.74, 6) is 0.290. The first-order valence-corrected chi connectivity index (χ1v) is 10.0. The molecule has 1 amide bonds. The summed E-state index contributed by atoms with van der Waals surface area (Å²) in [6.45, 7) is 1.87. The van der Waals surface area contributed by atoms with E-state index in [0.29, 0.717) is 11.3 Å². The zero-order valence-corrected chi connectivity index (χ0v) is 17.6. The first-order chi connectivity index (χ1) is 13.3. The maximum Gasteiger partial charge on any atom is 0.413 e. The topological polar surface area (TPSA) is 62.1 Å². The zero-order valence-electron chi connectivity index (χ0n) is 15.2. The van der Waals surface area contributed by atoms with E-state index < -0.39 is 17.4 Å². The van der Waals surface area contributed by atoms with Gasteiger partial charge in [-0.05, 0) is 54.3 Å². The van der Waals surface area contributed by atoms with E-state index in [1.807, 2.05) is 0 Å². The third kappa shape index (κ3) is 4.39. The molecule has 1 atom stereocenters. The Kier molecular flexibility index (Phi) is 6.10. The Morgan fingerprint density at radius 3 is 2.68 bits per heavy atom. The standard InChI is InChI=1S/C20H18BrFN2O3S/c1-20(16-11-14(21)5-8-17(16)22)9-10-28-18(23-20)24(19(25)26)12-13-3-6-15(27-2)7-4-13/h3-11H,12H2,1-2H3,(H,25,26). The van der Waals surface area contributed by atoms with Crippen molar-refractivity contribution in [2.24, 2.45) is 4.99 Å². The highest BCUT2D eigenvalue weighted by Crippen LogP contribution is 2.37. The van der Waals surface area contributed by atoms with Gasteiger partial charge < -0.3 is 9.84 Å². The second kappa shape index (κ2) is 8.36. The zero-order chi connectivity index (χ0) is 20.3. The second-order valence-electron chi connectivity index (χ2n) is 6.30. The number of hydrogen-bond donors (Lipinski definition) is 1. The average Bonchev–Trinajstić information content (AvgIpc) is 2.68. The lowest BCUT2D eigenvalue weighted by Crippen LogP contribution is -2.36. The summed E-state index contributed by atoms with van der Waals surface area (Å²) in [7, 11) is 1.57. The van der Waals surface area contributed by atoms with Crippen LogP contribution in [0.15, 0.2) is 63.4 Å². The van der Waals surface area contributed by atoms with Crippen molar-refractivity contribution in [3.8, 4) is 5.75 Å². The van der Waals surface area contributed by atoms with Crippen LogP contribution in [0.3, 0.4) is 0 Å². The number of ether oxygens (including phenoxy) is 1. The Balaban J connectivity index is 1.94. The lowest BCUT2D eigenvalue weighted by molar-refractivity contribution is 0.168. The van der Waals surface area contributed by atoms with Crippen molar-refractivity contribution >= 4 is 39.0 Å². The highest BCUT2D eigenvalue weighted by molar-refractivity contribution is 9.10. The summed E-state index contributed by atoms with van der Waals surface area (Å²) in [5, 5.41) is 11.8. The minimum absolute atomic E-state index is 0.121. The minimum Gasteiger partial charge on any atom is -0.497 e. The maximum absolute atomic E-state index is 14.4. The van der Waals surface area contributed by atoms with Crippen LogP contribution in [-0.2, 0) is 12.1 Å². The molecule has 1 unspecified atom stereocenters. The van der Waals surface area contributed by atoms with Gasteiger partial charge in [-0.2, -0.15) is 0 Å². The number of benzene rings is 2. The molecule has 2 aromatic rings. The number of hydrogen-bond acceptors (Lipinski definition) is 4. The smallest absolute Gasteiger partial charge is 0.413 e. The number of rotatable bonds is 4. The summed E-state index contributed by atoms with van der Waals surface area (Å²) < 4.78 is 20.3. The van der Waals surface area contributed by atoms with Crippen molar-refractivity contribution in [1.82, 2.24) is 4.90 Å². The van der Waals surface area contributed by atoms with E-state index in [-0.39, 0.29) is 11.7 Å². The molecule has 8 heteroatoms. The summed E-state index contributed by atoms with van der Waals surface area (Å²) >= 11 is 4.54. The van der Waals surface area contributed by atoms with Gasteiger partial charge in [0.15, 0.2) is 5.17 Å². The average molecular weight is 465 g/mol. The van der Waals surface area contributed by atoms with E-state index in [4.69, 9.17) is 4.74 Å². The Labute approximate surface area is 175 Å². The van der Waals surface area contributed by atoms with Crippen molar-refractivity contribution in [3.05, 3.63) is 75.4 Å². The van der Waals surface area contributed by atoms with Crippen LogP contribution in [0.25, 0.3) is 0 Å². The van der Waals surface area contributed by atoms with Crippen molar-refractivity contribution in [1.29, 1.82) is 0 Å². The second-order valence-corrected chi connectivity index (χ2v) is 8.09. The molecule has 1 heterocycles. The van der Waals surface area contributed by atoms with Crippen molar-refractivity contribution in [2.75, 3.05) is 7.11 Å². The van der Waals surface area contributed by atoms with Crippen LogP contribution < -0.4 is 4.74 Å². The summed E-state index contributed by atoms with van der Waals surface area (Å²) in [4.78, 5) is 17.6. The molecule has 0 aliphatic carbocycles. The number of carbonyl (C=O) groups is 1. The molecule has 0 aromatic heterocycles. The molecule has 5 nitrogen and oxygen atoms in total. The molecule has 1 aliphatic heterocycles. The van der Waals surface area contributed by atoms with E-state index in [1.54, 1.807) is 61.9 Å². The first-order valence-electron chi connectivity index (χ1n) is 8.35. The van der Waals surface area contributed by atoms with E-state index in [1.165, 1.54) is 17.8 Å². The summed E-state index contributed by atoms with van der Waals surface area (Å²) in [5.41, 5.74) is 0.143. The first kappa shape index (κ1) is 20.4. The van der Waals surface area contributed by atoms with Gasteiger partial charge >= 0.3 is 6.09 Å². The van der Waals surface area contributed by atoms with Crippen LogP contribution in [0, 0.1) is 5.82 Å². The quantitative estimate of drug-likeness (QED) is 0.638. The van der Waals surface area contributed by atoms with Crippen LogP contribution in [0.1, 0.15) is 18.1 Å². The van der Waals surface area contributed by atoms with Gasteiger partial charge in [-0.25, -0.2) is 14.2 Å². The number of amides is 1. The molecule has 1 aliphatic rings. The van der Waals surface area contributed by atoms with Crippen molar-refractivity contribution < 1.29 is 19.0 Å². The SMILES string of the molecule is COc1ccc(CN(C(=O)O)C2=NC(C)(c3cc(Br)ccc3F)C=CS2)cc1. The van der Waals surface area contributed by atoms with Crippen LogP contribution in [0.2, 0.25) is 0 Å². The Bertz CT molecular complexity index is 949. The lowest BCUT2D eigenvalue weighted by Gasteiger charge is -2.30. The fraction of sp³-hybridized carbons (Fsp3) is 0.200. The molecule has 1 N–H and O–H groups in total. The van der Waals surface area contributed by atoms with E-state index in [9.17, 15) is 14.3 Å². The predicted octanol–water partition coefficient (Wildman–Crippen LogP) is 5.61. The molecule has 3 rings (SSSR count). The van der Waals surface area contributed by atoms with Crippen LogP contribution in [0.4, 0.5) is 9.18 Å². The maximum atomic E-state index is 14.4. The van der Waals surface area contributed by atoms with Crippen molar-refractivity contribution in [3.63, 3.8) is 0 Å².